The predicted molar refractivity (Wildman–Crippen MR) is 79.0 cm³/mol. The fraction of sp³-hybridized carbons (Fsp3) is 1.00. The largest absolute Gasteiger partial charge is 0.393 e. The van der Waals surface area contributed by atoms with Gasteiger partial charge in [-0.15, -0.1) is 0 Å². The minimum absolute atomic E-state index is 0.0605. The fourth-order valence-electron chi connectivity index (χ4n) is 3.35. The Labute approximate surface area is 117 Å². The predicted octanol–water partition coefficient (Wildman–Crippen LogP) is 0.796. The van der Waals surface area contributed by atoms with Gasteiger partial charge in [-0.1, -0.05) is 6.92 Å². The van der Waals surface area contributed by atoms with Crippen LogP contribution in [0.1, 0.15) is 39.0 Å². The van der Waals surface area contributed by atoms with Gasteiger partial charge in [-0.2, -0.15) is 0 Å². The summed E-state index contributed by atoms with van der Waals surface area (Å²) in [5.41, 5.74) is 5.70. The molecule has 0 spiro atoms. The third-order valence-corrected chi connectivity index (χ3v) is 4.48. The Kier molecular flexibility index (Phi) is 6.07. The summed E-state index contributed by atoms with van der Waals surface area (Å²) in [4.78, 5) is 2.47. The van der Waals surface area contributed by atoms with Gasteiger partial charge in [0.2, 0.25) is 0 Å². The van der Waals surface area contributed by atoms with E-state index in [1.807, 2.05) is 0 Å². The van der Waals surface area contributed by atoms with Gasteiger partial charge in [-0.3, -0.25) is 0 Å². The number of piperidine rings is 1. The molecule has 0 amide bonds. The van der Waals surface area contributed by atoms with E-state index in [2.05, 4.69) is 17.1 Å². The van der Waals surface area contributed by atoms with E-state index < -0.39 is 0 Å². The Morgan fingerprint density at radius 3 is 2.79 bits per heavy atom. The van der Waals surface area contributed by atoms with Gasteiger partial charge in [0.05, 0.1) is 6.10 Å². The summed E-state index contributed by atoms with van der Waals surface area (Å²) in [6, 6.07) is 0.580. The number of likely N-dealkylation sites (tertiary alicyclic amines) is 1. The van der Waals surface area contributed by atoms with Crippen molar-refractivity contribution in [3.05, 3.63) is 0 Å². The second-order valence-corrected chi connectivity index (χ2v) is 6.44. The minimum Gasteiger partial charge on any atom is -0.393 e. The highest BCUT2D eigenvalue weighted by atomic mass is 16.3. The summed E-state index contributed by atoms with van der Waals surface area (Å²) in [7, 11) is 0. The van der Waals surface area contributed by atoms with Gasteiger partial charge in [0, 0.05) is 32.2 Å². The first kappa shape index (κ1) is 15.2. The van der Waals surface area contributed by atoms with Crippen LogP contribution in [0.4, 0.5) is 0 Å². The van der Waals surface area contributed by atoms with Crippen LogP contribution in [0.2, 0.25) is 0 Å². The van der Waals surface area contributed by atoms with Crippen molar-refractivity contribution in [1.29, 1.82) is 0 Å². The molecule has 0 aromatic carbocycles. The molecule has 1 saturated carbocycles. The van der Waals surface area contributed by atoms with Crippen molar-refractivity contribution in [2.24, 2.45) is 17.6 Å². The third kappa shape index (κ3) is 5.03. The monoisotopic (exact) mass is 269 g/mol. The molecule has 4 N–H and O–H groups in total. The summed E-state index contributed by atoms with van der Waals surface area (Å²) in [5, 5.41) is 13.8. The molecule has 112 valence electrons. The molecule has 4 heteroatoms. The summed E-state index contributed by atoms with van der Waals surface area (Å²) < 4.78 is 0. The third-order valence-electron chi connectivity index (χ3n) is 4.48. The highest BCUT2D eigenvalue weighted by Gasteiger charge is 2.34. The average molecular weight is 269 g/mol. The number of nitrogens with two attached hydrogens (primary N) is 1. The van der Waals surface area contributed by atoms with Crippen LogP contribution < -0.4 is 11.1 Å². The number of nitrogens with one attached hydrogen (secondary N) is 1. The van der Waals surface area contributed by atoms with Crippen LogP contribution in [0.3, 0.4) is 0 Å². The van der Waals surface area contributed by atoms with Crippen LogP contribution in [0, 0.1) is 11.8 Å². The Morgan fingerprint density at radius 2 is 2.16 bits per heavy atom. The van der Waals surface area contributed by atoms with Crippen molar-refractivity contribution >= 4 is 0 Å². The maximum atomic E-state index is 10.2. The van der Waals surface area contributed by atoms with Crippen LogP contribution in [-0.2, 0) is 0 Å². The van der Waals surface area contributed by atoms with E-state index in [-0.39, 0.29) is 6.10 Å². The smallest absolute Gasteiger partial charge is 0.0571 e. The fourth-order valence-corrected chi connectivity index (χ4v) is 3.35. The highest BCUT2D eigenvalue weighted by Crippen LogP contribution is 2.36. The normalized spacial score (nSPS) is 30.5. The molecule has 1 aliphatic heterocycles. The minimum atomic E-state index is -0.0605. The topological polar surface area (TPSA) is 61.5 Å². The van der Waals surface area contributed by atoms with Crippen molar-refractivity contribution in [2.45, 2.75) is 51.2 Å². The van der Waals surface area contributed by atoms with Gasteiger partial charge in [-0.05, 0) is 50.5 Å². The van der Waals surface area contributed by atoms with Crippen molar-refractivity contribution in [3.63, 3.8) is 0 Å². The highest BCUT2D eigenvalue weighted by molar-refractivity contribution is 4.88. The van der Waals surface area contributed by atoms with Crippen LogP contribution in [-0.4, -0.2) is 54.9 Å². The molecule has 0 aromatic rings. The molecule has 2 fully saturated rings. The number of hydrogen-bond donors (Lipinski definition) is 3. The number of aliphatic hydroxyl groups is 1. The molecule has 19 heavy (non-hydrogen) atoms. The van der Waals surface area contributed by atoms with E-state index in [9.17, 15) is 5.11 Å². The number of aliphatic hydroxyl groups excluding tert-OH is 1. The molecule has 1 aliphatic carbocycles. The van der Waals surface area contributed by atoms with Crippen LogP contribution in [0.25, 0.3) is 0 Å². The first-order valence-electron chi connectivity index (χ1n) is 8.06. The van der Waals surface area contributed by atoms with Gasteiger partial charge in [0.15, 0.2) is 0 Å². The Morgan fingerprint density at radius 1 is 1.37 bits per heavy atom. The molecule has 1 heterocycles. The first-order valence-corrected chi connectivity index (χ1v) is 8.06. The lowest BCUT2D eigenvalue weighted by Crippen LogP contribution is -2.51. The molecule has 2 rings (SSSR count). The molecule has 0 bridgehead atoms. The number of rotatable bonds is 8. The molecule has 0 radical (unpaired) electrons. The van der Waals surface area contributed by atoms with Gasteiger partial charge in [-0.25, -0.2) is 0 Å². The van der Waals surface area contributed by atoms with E-state index in [4.69, 9.17) is 5.73 Å². The second-order valence-electron chi connectivity index (χ2n) is 6.44. The molecular weight excluding hydrogens is 238 g/mol. The Balaban J connectivity index is 1.81. The van der Waals surface area contributed by atoms with Crippen LogP contribution in [0.15, 0.2) is 0 Å². The molecule has 0 aromatic heterocycles. The Hall–Kier alpha value is -0.160. The van der Waals surface area contributed by atoms with E-state index in [0.29, 0.717) is 17.9 Å². The average Bonchev–Trinajstić information content (AvgIpc) is 3.20. The lowest BCUT2D eigenvalue weighted by molar-refractivity contribution is 0.0761. The summed E-state index contributed by atoms with van der Waals surface area (Å²) in [6.07, 6.45) is 5.79. The molecule has 2 aliphatic rings. The Bertz CT molecular complexity index is 258. The maximum Gasteiger partial charge on any atom is 0.0571 e. The molecule has 1 saturated heterocycles. The van der Waals surface area contributed by atoms with Gasteiger partial charge in [0.25, 0.3) is 0 Å². The maximum absolute atomic E-state index is 10.2. The van der Waals surface area contributed by atoms with E-state index in [1.165, 1.54) is 25.7 Å². The molecule has 3 atom stereocenters. The lowest BCUT2D eigenvalue weighted by atomic mass is 9.88. The van der Waals surface area contributed by atoms with Crippen molar-refractivity contribution in [1.82, 2.24) is 10.2 Å². The van der Waals surface area contributed by atoms with Crippen LogP contribution in [0.5, 0.6) is 0 Å². The SMILES string of the molecule is CCCNC1CC(CC(O)C2CC2)CN(CCN)C1. The van der Waals surface area contributed by atoms with Gasteiger partial charge >= 0.3 is 0 Å². The quantitative estimate of drug-likeness (QED) is 0.610. The zero-order valence-electron chi connectivity index (χ0n) is 12.4. The zero-order chi connectivity index (χ0) is 13.7. The standard InChI is InChI=1S/C15H31N3O/c1-2-6-17-14-8-12(9-15(19)13-3-4-13)10-18(11-14)7-5-16/h12-15,17,19H,2-11,16H2,1H3. The molecule has 3 unspecified atom stereocenters. The van der Waals surface area contributed by atoms with Crippen molar-refractivity contribution in [3.8, 4) is 0 Å². The summed E-state index contributed by atoms with van der Waals surface area (Å²) >= 11 is 0. The van der Waals surface area contributed by atoms with Crippen LogP contribution >= 0.6 is 0 Å². The number of nitrogens with zero attached hydrogens (tertiary/aromatic N) is 1. The van der Waals surface area contributed by atoms with E-state index >= 15 is 0 Å². The van der Waals surface area contributed by atoms with E-state index in [0.717, 1.165) is 39.1 Å². The summed E-state index contributed by atoms with van der Waals surface area (Å²) in [5.74, 6) is 1.23. The second kappa shape index (κ2) is 7.58. The molecular formula is C15H31N3O. The lowest BCUT2D eigenvalue weighted by Gasteiger charge is -2.39. The van der Waals surface area contributed by atoms with E-state index in [1.54, 1.807) is 0 Å². The van der Waals surface area contributed by atoms with Crippen molar-refractivity contribution < 1.29 is 5.11 Å². The van der Waals surface area contributed by atoms with Crippen molar-refractivity contribution in [2.75, 3.05) is 32.7 Å². The first-order chi connectivity index (χ1) is 9.22. The zero-order valence-corrected chi connectivity index (χ0v) is 12.4. The van der Waals surface area contributed by atoms with Gasteiger partial charge < -0.3 is 21.1 Å². The summed E-state index contributed by atoms with van der Waals surface area (Å²) in [6.45, 7) is 7.26. The van der Waals surface area contributed by atoms with Gasteiger partial charge in [0.1, 0.15) is 0 Å². The molecule has 4 nitrogen and oxygen atoms in total. The number of hydrogen-bond acceptors (Lipinski definition) is 4.